The number of carbonyl (C=O) groups excluding carboxylic acids is 1. The van der Waals surface area contributed by atoms with Crippen LogP contribution in [0.15, 0.2) is 24.3 Å². The first-order valence-corrected chi connectivity index (χ1v) is 6.21. The van der Waals surface area contributed by atoms with E-state index in [-0.39, 0.29) is 18.3 Å². The Balaban J connectivity index is 0.00000180. The maximum Gasteiger partial charge on any atom is 0.272 e. The van der Waals surface area contributed by atoms with E-state index in [1.807, 2.05) is 24.3 Å². The molecule has 0 radical (unpaired) electrons. The van der Waals surface area contributed by atoms with Gasteiger partial charge in [-0.3, -0.25) is 4.79 Å². The van der Waals surface area contributed by atoms with Gasteiger partial charge < -0.3 is 33.3 Å². The van der Waals surface area contributed by atoms with Crippen LogP contribution in [-0.2, 0) is 4.79 Å². The number of anilines is 2. The van der Waals surface area contributed by atoms with Gasteiger partial charge in [-0.2, -0.15) is 0 Å². The zero-order valence-electron chi connectivity index (χ0n) is 11.2. The summed E-state index contributed by atoms with van der Waals surface area (Å²) in [6.45, 7) is 4.18. The third-order valence-corrected chi connectivity index (χ3v) is 3.62. The fourth-order valence-corrected chi connectivity index (χ4v) is 2.43. The van der Waals surface area contributed by atoms with Crippen LogP contribution in [0.1, 0.15) is 0 Å². The molecule has 0 aliphatic carbocycles. The van der Waals surface area contributed by atoms with Crippen molar-refractivity contribution in [2.75, 3.05) is 50.4 Å². The molecule has 1 aromatic carbocycles. The average molecular weight is 285 g/mol. The van der Waals surface area contributed by atoms with Crippen LogP contribution < -0.4 is 28.8 Å². The van der Waals surface area contributed by atoms with Gasteiger partial charge in [0.2, 0.25) is 0 Å². The minimum atomic E-state index is -0.224. The number of likely N-dealkylation sites (N-methyl/N-ethyl adjacent to an activating group) is 1. The second kappa shape index (κ2) is 6.12. The van der Waals surface area contributed by atoms with Crippen molar-refractivity contribution < 1.29 is 21.7 Å². The zero-order valence-corrected chi connectivity index (χ0v) is 11.9. The molecule has 1 aliphatic rings. The molecule has 5 nitrogen and oxygen atoms in total. The summed E-state index contributed by atoms with van der Waals surface area (Å²) in [4.78, 5) is 13.4. The number of piperazine rings is 1. The maximum absolute atomic E-state index is 11.0. The van der Waals surface area contributed by atoms with E-state index in [0.717, 1.165) is 36.3 Å². The molecule has 4 N–H and O–H groups in total. The molecule has 1 heterocycles. The van der Waals surface area contributed by atoms with Gasteiger partial charge in [0, 0.05) is 11.4 Å². The molecule has 0 saturated carbocycles. The van der Waals surface area contributed by atoms with Crippen molar-refractivity contribution in [2.45, 2.75) is 0 Å². The quantitative estimate of drug-likeness (QED) is 0.460. The Morgan fingerprint density at radius 2 is 1.79 bits per heavy atom. The molecule has 0 aromatic heterocycles. The fraction of sp³-hybridized carbons (Fsp3) is 0.462. The van der Waals surface area contributed by atoms with Crippen LogP contribution in [-0.4, -0.2) is 50.2 Å². The zero-order chi connectivity index (χ0) is 13.2. The van der Waals surface area contributed by atoms with E-state index in [1.165, 1.54) is 5.69 Å². The maximum atomic E-state index is 11.0. The lowest BCUT2D eigenvalue weighted by Crippen LogP contribution is -3.00. The summed E-state index contributed by atoms with van der Waals surface area (Å²) in [5, 5.41) is 0. The lowest BCUT2D eigenvalue weighted by molar-refractivity contribution is -0.902. The number of hydrogen-bond acceptors (Lipinski definition) is 3. The number of nitrogen functional groups attached to an aromatic ring is 1. The topological polar surface area (TPSA) is 72.4 Å². The standard InChI is InChI=1S/C13H20N4O.ClH/c1-17(10-13(15)18)8-6-16(7-9-17)12-4-2-11(14)3-5-12;/h2-5H,6-10,14H2,1H3,(H-,15,18);1H. The highest BCUT2D eigenvalue weighted by Crippen LogP contribution is 2.19. The van der Waals surface area contributed by atoms with Gasteiger partial charge >= 0.3 is 0 Å². The van der Waals surface area contributed by atoms with Crippen molar-refractivity contribution in [3.63, 3.8) is 0 Å². The number of nitrogens with two attached hydrogens (primary N) is 2. The van der Waals surface area contributed by atoms with Gasteiger partial charge in [-0.25, -0.2) is 0 Å². The third kappa shape index (κ3) is 4.01. The summed E-state index contributed by atoms with van der Waals surface area (Å²) in [7, 11) is 2.09. The van der Waals surface area contributed by atoms with Crippen molar-refractivity contribution >= 4 is 17.3 Å². The Labute approximate surface area is 120 Å². The summed E-state index contributed by atoms with van der Waals surface area (Å²) in [6.07, 6.45) is 0. The van der Waals surface area contributed by atoms with Crippen molar-refractivity contribution in [1.82, 2.24) is 0 Å². The molecule has 0 bridgehead atoms. The Morgan fingerprint density at radius 1 is 1.26 bits per heavy atom. The average Bonchev–Trinajstić information content (AvgIpc) is 2.30. The van der Waals surface area contributed by atoms with E-state index in [1.54, 1.807) is 0 Å². The summed E-state index contributed by atoms with van der Waals surface area (Å²) in [6, 6.07) is 7.92. The first-order chi connectivity index (χ1) is 8.48. The van der Waals surface area contributed by atoms with Crippen molar-refractivity contribution in [2.24, 2.45) is 5.73 Å². The largest absolute Gasteiger partial charge is 1.00 e. The Bertz CT molecular complexity index is 427. The number of hydrogen-bond donors (Lipinski definition) is 2. The first-order valence-electron chi connectivity index (χ1n) is 6.21. The Hall–Kier alpha value is -1.46. The molecule has 0 atom stereocenters. The third-order valence-electron chi connectivity index (χ3n) is 3.62. The lowest BCUT2D eigenvalue weighted by Gasteiger charge is -2.42. The molecule has 2 rings (SSSR count). The van der Waals surface area contributed by atoms with Gasteiger partial charge in [-0.05, 0) is 24.3 Å². The lowest BCUT2D eigenvalue weighted by atomic mass is 10.2. The highest BCUT2D eigenvalue weighted by molar-refractivity contribution is 5.74. The van der Waals surface area contributed by atoms with Gasteiger partial charge in [-0.1, -0.05) is 0 Å². The number of quaternary nitrogens is 1. The second-order valence-corrected chi connectivity index (χ2v) is 5.27. The van der Waals surface area contributed by atoms with Gasteiger partial charge in [0.05, 0.1) is 33.2 Å². The van der Waals surface area contributed by atoms with E-state index >= 15 is 0 Å². The number of rotatable bonds is 3. The number of nitrogens with zero attached hydrogens (tertiary/aromatic N) is 2. The van der Waals surface area contributed by atoms with Crippen LogP contribution in [0, 0.1) is 0 Å². The van der Waals surface area contributed by atoms with Crippen LogP contribution in [0.4, 0.5) is 11.4 Å². The summed E-state index contributed by atoms with van der Waals surface area (Å²) < 4.78 is 0.737. The molecule has 1 saturated heterocycles. The van der Waals surface area contributed by atoms with Crippen LogP contribution in [0.5, 0.6) is 0 Å². The van der Waals surface area contributed by atoms with E-state index in [2.05, 4.69) is 11.9 Å². The Morgan fingerprint density at radius 3 is 2.26 bits per heavy atom. The molecule has 0 spiro atoms. The second-order valence-electron chi connectivity index (χ2n) is 5.27. The monoisotopic (exact) mass is 284 g/mol. The van der Waals surface area contributed by atoms with E-state index in [4.69, 9.17) is 11.5 Å². The molecule has 1 aromatic rings. The molecule has 1 amide bonds. The molecule has 6 heteroatoms. The number of carbonyl (C=O) groups is 1. The summed E-state index contributed by atoms with van der Waals surface area (Å²) in [5.41, 5.74) is 12.9. The van der Waals surface area contributed by atoms with Crippen molar-refractivity contribution in [3.05, 3.63) is 24.3 Å². The predicted molar refractivity (Wildman–Crippen MR) is 73.0 cm³/mol. The van der Waals surface area contributed by atoms with Gasteiger partial charge in [0.15, 0.2) is 6.54 Å². The molecule has 19 heavy (non-hydrogen) atoms. The molecular formula is C13H21ClN4O. The van der Waals surface area contributed by atoms with Crippen LogP contribution in [0.3, 0.4) is 0 Å². The Kier molecular flexibility index (Phi) is 5.03. The highest BCUT2D eigenvalue weighted by atomic mass is 35.5. The predicted octanol–water partition coefficient (Wildman–Crippen LogP) is -2.98. The number of benzene rings is 1. The van der Waals surface area contributed by atoms with Crippen LogP contribution in [0.25, 0.3) is 0 Å². The minimum Gasteiger partial charge on any atom is -1.00 e. The first kappa shape index (κ1) is 15.6. The fourth-order valence-electron chi connectivity index (χ4n) is 2.43. The van der Waals surface area contributed by atoms with Gasteiger partial charge in [0.25, 0.3) is 5.91 Å². The minimum absolute atomic E-state index is 0. The van der Waals surface area contributed by atoms with Gasteiger partial charge in [-0.15, -0.1) is 0 Å². The molecule has 1 aliphatic heterocycles. The normalized spacial score (nSPS) is 17.6. The number of amides is 1. The van der Waals surface area contributed by atoms with Crippen LogP contribution >= 0.6 is 0 Å². The smallest absolute Gasteiger partial charge is 0.272 e. The van der Waals surface area contributed by atoms with Crippen LogP contribution in [0.2, 0.25) is 0 Å². The molecule has 0 unspecified atom stereocenters. The number of halogens is 1. The molecule has 1 fully saturated rings. The van der Waals surface area contributed by atoms with Crippen molar-refractivity contribution in [1.29, 1.82) is 0 Å². The van der Waals surface area contributed by atoms with E-state index < -0.39 is 0 Å². The summed E-state index contributed by atoms with van der Waals surface area (Å²) >= 11 is 0. The van der Waals surface area contributed by atoms with Crippen molar-refractivity contribution in [3.8, 4) is 0 Å². The molecule has 106 valence electrons. The van der Waals surface area contributed by atoms with E-state index in [0.29, 0.717) is 6.54 Å². The highest BCUT2D eigenvalue weighted by Gasteiger charge is 2.30. The van der Waals surface area contributed by atoms with E-state index in [9.17, 15) is 4.79 Å². The SMILES string of the molecule is C[N+]1(CC(N)=O)CCN(c2ccc(N)cc2)CC1.[Cl-]. The van der Waals surface area contributed by atoms with Gasteiger partial charge in [0.1, 0.15) is 0 Å². The molecular weight excluding hydrogens is 264 g/mol. The summed E-state index contributed by atoms with van der Waals surface area (Å²) in [5.74, 6) is -0.224. The number of primary amides is 1.